The van der Waals surface area contributed by atoms with E-state index in [9.17, 15) is 19.8 Å². The van der Waals surface area contributed by atoms with E-state index in [0.717, 1.165) is 60.8 Å². The average Bonchev–Trinajstić information content (AvgIpc) is 2.88. The third-order valence-electron chi connectivity index (χ3n) is 8.44. The largest absolute Gasteiger partial charge is 0.387 e. The van der Waals surface area contributed by atoms with Crippen molar-refractivity contribution in [3.8, 4) is 0 Å². The van der Waals surface area contributed by atoms with E-state index in [-0.39, 0.29) is 6.42 Å². The summed E-state index contributed by atoms with van der Waals surface area (Å²) in [6.07, 6.45) is 7.86. The molecule has 6 nitrogen and oxygen atoms in total. The molecule has 0 aliphatic heterocycles. The van der Waals surface area contributed by atoms with Crippen LogP contribution in [0.25, 0.3) is 0 Å². The highest BCUT2D eigenvalue weighted by atomic mass is 16.3. The molecule has 2 fully saturated rings. The molecular weight excluding hydrogens is 464 g/mol. The van der Waals surface area contributed by atoms with Gasteiger partial charge in [-0.3, -0.25) is 9.59 Å². The first kappa shape index (κ1) is 27.3. The van der Waals surface area contributed by atoms with Gasteiger partial charge in [0, 0.05) is 0 Å². The average molecular weight is 507 g/mol. The summed E-state index contributed by atoms with van der Waals surface area (Å²) in [5.74, 6) is -0.854. The standard InChI is InChI=1S/C31H42N2O4/c1-22-13-5-7-15-24(22)28(30(36)17-9-3-10-18-30)32-26(34)21-27(35)33-29(25-16-8-6-14-23(25)2)31(37)19-11-4-12-20-31/h5-8,13-16,28-29,36-37H,3-4,9-12,17-21H2,1-2H3,(H,32,34)(H,33,35)/t28-,29-/m1/s1. The van der Waals surface area contributed by atoms with E-state index in [4.69, 9.17) is 0 Å². The maximum atomic E-state index is 13.2. The van der Waals surface area contributed by atoms with Crippen LogP contribution in [0.1, 0.15) is 105 Å². The molecule has 2 aromatic rings. The van der Waals surface area contributed by atoms with Gasteiger partial charge in [-0.25, -0.2) is 0 Å². The first-order valence-electron chi connectivity index (χ1n) is 13.9. The van der Waals surface area contributed by atoms with E-state index in [1.54, 1.807) is 0 Å². The Morgan fingerprint density at radius 2 is 1.03 bits per heavy atom. The van der Waals surface area contributed by atoms with Crippen LogP contribution in [-0.4, -0.2) is 33.2 Å². The van der Waals surface area contributed by atoms with Crippen LogP contribution < -0.4 is 10.6 Å². The second kappa shape index (κ2) is 11.8. The molecule has 2 saturated carbocycles. The lowest BCUT2D eigenvalue weighted by Crippen LogP contribution is -2.50. The fourth-order valence-corrected chi connectivity index (χ4v) is 6.30. The zero-order chi connectivity index (χ0) is 26.5. The number of rotatable bonds is 8. The molecule has 0 heterocycles. The van der Waals surface area contributed by atoms with Gasteiger partial charge < -0.3 is 20.8 Å². The smallest absolute Gasteiger partial charge is 0.230 e. The Morgan fingerprint density at radius 3 is 1.38 bits per heavy atom. The summed E-state index contributed by atoms with van der Waals surface area (Å²) >= 11 is 0. The minimum atomic E-state index is -1.04. The Balaban J connectivity index is 1.51. The third-order valence-corrected chi connectivity index (χ3v) is 8.44. The van der Waals surface area contributed by atoms with Crippen molar-refractivity contribution in [1.82, 2.24) is 10.6 Å². The van der Waals surface area contributed by atoms with E-state index >= 15 is 0 Å². The molecule has 0 aromatic heterocycles. The van der Waals surface area contributed by atoms with Gasteiger partial charge in [-0.15, -0.1) is 0 Å². The Kier molecular flexibility index (Phi) is 8.71. The number of carbonyl (C=O) groups is 2. The lowest BCUT2D eigenvalue weighted by Gasteiger charge is -2.41. The molecule has 37 heavy (non-hydrogen) atoms. The molecule has 0 unspecified atom stereocenters. The molecule has 2 aliphatic rings. The molecule has 0 spiro atoms. The quantitative estimate of drug-likeness (QED) is 0.375. The van der Waals surface area contributed by atoms with E-state index in [1.807, 2.05) is 62.4 Å². The van der Waals surface area contributed by atoms with Gasteiger partial charge in [0.15, 0.2) is 0 Å². The first-order valence-corrected chi connectivity index (χ1v) is 13.9. The third kappa shape index (κ3) is 6.42. The van der Waals surface area contributed by atoms with E-state index in [1.165, 1.54) is 0 Å². The second-order valence-corrected chi connectivity index (χ2v) is 11.2. The maximum Gasteiger partial charge on any atom is 0.230 e. The summed E-state index contributed by atoms with van der Waals surface area (Å²) in [5.41, 5.74) is 1.67. The fourth-order valence-electron chi connectivity index (χ4n) is 6.30. The number of amides is 2. The highest BCUT2D eigenvalue weighted by Gasteiger charge is 2.42. The molecule has 0 saturated heterocycles. The van der Waals surface area contributed by atoms with Crippen LogP contribution in [0, 0.1) is 13.8 Å². The molecule has 200 valence electrons. The number of aryl methyl sites for hydroxylation is 2. The topological polar surface area (TPSA) is 98.7 Å². The molecule has 2 amide bonds. The van der Waals surface area contributed by atoms with Crippen LogP contribution in [0.2, 0.25) is 0 Å². The Hall–Kier alpha value is -2.70. The van der Waals surface area contributed by atoms with E-state index in [0.29, 0.717) is 25.7 Å². The minimum Gasteiger partial charge on any atom is -0.387 e. The number of benzene rings is 2. The van der Waals surface area contributed by atoms with Crippen molar-refractivity contribution < 1.29 is 19.8 Å². The van der Waals surface area contributed by atoms with E-state index < -0.39 is 35.1 Å². The molecule has 2 aromatic carbocycles. The number of nitrogens with one attached hydrogen (secondary N) is 2. The summed E-state index contributed by atoms with van der Waals surface area (Å²) in [6.45, 7) is 3.95. The van der Waals surface area contributed by atoms with Crippen molar-refractivity contribution in [3.05, 3.63) is 70.8 Å². The zero-order valence-electron chi connectivity index (χ0n) is 22.3. The van der Waals surface area contributed by atoms with Crippen molar-refractivity contribution >= 4 is 11.8 Å². The first-order chi connectivity index (χ1) is 17.7. The van der Waals surface area contributed by atoms with Crippen molar-refractivity contribution in [3.63, 3.8) is 0 Å². The van der Waals surface area contributed by atoms with Crippen molar-refractivity contribution in [1.29, 1.82) is 0 Å². The van der Waals surface area contributed by atoms with Gasteiger partial charge >= 0.3 is 0 Å². The van der Waals surface area contributed by atoms with Gasteiger partial charge in [-0.1, -0.05) is 87.1 Å². The molecule has 2 aliphatic carbocycles. The van der Waals surface area contributed by atoms with Gasteiger partial charge in [0.1, 0.15) is 6.42 Å². The fraction of sp³-hybridized carbons (Fsp3) is 0.548. The Bertz CT molecular complexity index is 1000. The summed E-state index contributed by atoms with van der Waals surface area (Å²) in [7, 11) is 0. The highest BCUT2D eigenvalue weighted by molar-refractivity contribution is 5.97. The summed E-state index contributed by atoms with van der Waals surface area (Å²) in [6, 6.07) is 14.4. The number of hydrogen-bond donors (Lipinski definition) is 4. The molecule has 0 bridgehead atoms. The molecule has 2 atom stereocenters. The normalized spacial score (nSPS) is 20.4. The van der Waals surface area contributed by atoms with Gasteiger partial charge in [0.2, 0.25) is 11.8 Å². The predicted octanol–water partition coefficient (Wildman–Crippen LogP) is 5.10. The maximum absolute atomic E-state index is 13.2. The van der Waals surface area contributed by atoms with E-state index in [2.05, 4.69) is 10.6 Å². The van der Waals surface area contributed by atoms with Crippen LogP contribution in [0.5, 0.6) is 0 Å². The number of hydrogen-bond acceptors (Lipinski definition) is 4. The Morgan fingerprint density at radius 1 is 0.676 bits per heavy atom. The van der Waals surface area contributed by atoms with Crippen molar-refractivity contribution in [2.24, 2.45) is 0 Å². The monoisotopic (exact) mass is 506 g/mol. The van der Waals surface area contributed by atoms with Gasteiger partial charge in [0.25, 0.3) is 0 Å². The minimum absolute atomic E-state index is 0.364. The lowest BCUT2D eigenvalue weighted by molar-refractivity contribution is -0.134. The lowest BCUT2D eigenvalue weighted by atomic mass is 9.76. The number of aliphatic hydroxyl groups is 2. The van der Waals surface area contributed by atoms with Crippen molar-refractivity contribution in [2.45, 2.75) is 108 Å². The van der Waals surface area contributed by atoms with Crippen LogP contribution in [-0.2, 0) is 9.59 Å². The van der Waals surface area contributed by atoms with Crippen LogP contribution in [0.4, 0.5) is 0 Å². The van der Waals surface area contributed by atoms with Crippen molar-refractivity contribution in [2.75, 3.05) is 0 Å². The van der Waals surface area contributed by atoms with Crippen LogP contribution in [0.15, 0.2) is 48.5 Å². The number of carbonyl (C=O) groups excluding carboxylic acids is 2. The highest BCUT2D eigenvalue weighted by Crippen LogP contribution is 2.41. The molecule has 0 radical (unpaired) electrons. The molecule has 4 N–H and O–H groups in total. The van der Waals surface area contributed by atoms with Gasteiger partial charge in [-0.05, 0) is 61.8 Å². The molecular formula is C31H42N2O4. The Labute approximate surface area is 220 Å². The van der Waals surface area contributed by atoms with Gasteiger partial charge in [-0.2, -0.15) is 0 Å². The predicted molar refractivity (Wildman–Crippen MR) is 145 cm³/mol. The van der Waals surface area contributed by atoms with Gasteiger partial charge in [0.05, 0.1) is 23.3 Å². The SMILES string of the molecule is Cc1ccccc1[C@@H](NC(=O)CC(=O)N[C@H](c1ccccc1C)C1(O)CCCCC1)C1(O)CCCCC1. The summed E-state index contributed by atoms with van der Waals surface area (Å²) in [4.78, 5) is 26.5. The zero-order valence-corrected chi connectivity index (χ0v) is 22.3. The summed E-state index contributed by atoms with van der Waals surface area (Å²) < 4.78 is 0. The summed E-state index contributed by atoms with van der Waals surface area (Å²) in [5, 5.41) is 29.2. The van der Waals surface area contributed by atoms with Crippen LogP contribution >= 0.6 is 0 Å². The molecule has 6 heteroatoms. The molecule has 4 rings (SSSR count). The van der Waals surface area contributed by atoms with Crippen LogP contribution in [0.3, 0.4) is 0 Å². The second-order valence-electron chi connectivity index (χ2n) is 11.2.